The van der Waals surface area contributed by atoms with Gasteiger partial charge in [-0.2, -0.15) is 13.2 Å². The Bertz CT molecular complexity index is 646. The van der Waals surface area contributed by atoms with Crippen molar-refractivity contribution in [2.24, 2.45) is 5.73 Å². The smallest absolute Gasteiger partial charge is 0.417 e. The van der Waals surface area contributed by atoms with Crippen molar-refractivity contribution in [3.63, 3.8) is 0 Å². The second-order valence-corrected chi connectivity index (χ2v) is 5.16. The summed E-state index contributed by atoms with van der Waals surface area (Å²) in [4.78, 5) is 4.10. The van der Waals surface area contributed by atoms with Gasteiger partial charge in [-0.25, -0.2) is 0 Å². The Morgan fingerprint density at radius 2 is 2.00 bits per heavy atom. The summed E-state index contributed by atoms with van der Waals surface area (Å²) < 4.78 is 43.9. The van der Waals surface area contributed by atoms with Crippen molar-refractivity contribution < 1.29 is 17.9 Å². The van der Waals surface area contributed by atoms with Gasteiger partial charge in [0.1, 0.15) is 11.4 Å². The van der Waals surface area contributed by atoms with Gasteiger partial charge >= 0.3 is 6.18 Å². The van der Waals surface area contributed by atoms with Gasteiger partial charge in [-0.15, -0.1) is 0 Å². The Morgan fingerprint density at radius 1 is 1.29 bits per heavy atom. The number of ether oxygens (including phenoxy) is 1. The Balaban J connectivity index is 2.47. The van der Waals surface area contributed by atoms with Gasteiger partial charge in [-0.1, -0.05) is 22.0 Å². The molecule has 3 nitrogen and oxygen atoms in total. The second kappa shape index (κ2) is 6.03. The van der Waals surface area contributed by atoms with E-state index in [1.165, 1.54) is 25.4 Å². The molecule has 0 bridgehead atoms. The van der Waals surface area contributed by atoms with Crippen LogP contribution in [0.25, 0.3) is 0 Å². The first kappa shape index (κ1) is 15.8. The van der Waals surface area contributed by atoms with Crippen molar-refractivity contribution in [2.75, 3.05) is 7.11 Å². The molecule has 2 N–H and O–H groups in total. The SMILES string of the molecule is COc1cccnc1C(N)c1ccc(Br)c(C(F)(F)F)c1. The molecule has 1 aromatic carbocycles. The molecule has 1 aromatic heterocycles. The van der Waals surface area contributed by atoms with E-state index in [1.807, 2.05) is 0 Å². The number of nitrogens with zero attached hydrogens (tertiary/aromatic N) is 1. The first-order chi connectivity index (χ1) is 9.84. The molecule has 1 unspecified atom stereocenters. The molecule has 0 amide bonds. The fourth-order valence-corrected chi connectivity index (χ4v) is 2.39. The summed E-state index contributed by atoms with van der Waals surface area (Å²) in [6.07, 6.45) is -2.94. The van der Waals surface area contributed by atoms with Crippen LogP contribution in [0.1, 0.15) is 22.9 Å². The minimum absolute atomic E-state index is 0.0288. The van der Waals surface area contributed by atoms with Gasteiger partial charge in [0, 0.05) is 10.7 Å². The van der Waals surface area contributed by atoms with Gasteiger partial charge in [-0.05, 0) is 29.8 Å². The van der Waals surface area contributed by atoms with Crippen molar-refractivity contribution in [1.82, 2.24) is 4.98 Å². The number of methoxy groups -OCH3 is 1. The number of benzene rings is 1. The Kier molecular flexibility index (Phi) is 4.53. The fraction of sp³-hybridized carbons (Fsp3) is 0.214. The van der Waals surface area contributed by atoms with E-state index >= 15 is 0 Å². The first-order valence-corrected chi connectivity index (χ1v) is 6.75. The predicted molar refractivity (Wildman–Crippen MR) is 76.0 cm³/mol. The summed E-state index contributed by atoms with van der Waals surface area (Å²) in [5.41, 5.74) is 5.95. The highest BCUT2D eigenvalue weighted by atomic mass is 79.9. The van der Waals surface area contributed by atoms with E-state index in [9.17, 15) is 13.2 Å². The average molecular weight is 361 g/mol. The quantitative estimate of drug-likeness (QED) is 0.902. The Labute approximate surface area is 128 Å². The molecule has 0 spiro atoms. The fourth-order valence-electron chi connectivity index (χ4n) is 1.92. The molecule has 1 heterocycles. The summed E-state index contributed by atoms with van der Waals surface area (Å²) in [6.45, 7) is 0. The number of aromatic nitrogens is 1. The lowest BCUT2D eigenvalue weighted by Gasteiger charge is -2.17. The molecule has 7 heteroatoms. The van der Waals surface area contributed by atoms with E-state index in [0.29, 0.717) is 17.0 Å². The number of rotatable bonds is 3. The number of hydrogen-bond donors (Lipinski definition) is 1. The first-order valence-electron chi connectivity index (χ1n) is 5.95. The second-order valence-electron chi connectivity index (χ2n) is 4.31. The average Bonchev–Trinajstić information content (AvgIpc) is 2.45. The molecule has 0 radical (unpaired) electrons. The molecular weight excluding hydrogens is 349 g/mol. The van der Waals surface area contributed by atoms with Gasteiger partial charge in [0.05, 0.1) is 18.7 Å². The highest BCUT2D eigenvalue weighted by Crippen LogP contribution is 2.37. The van der Waals surface area contributed by atoms with Gasteiger partial charge in [-0.3, -0.25) is 4.98 Å². The van der Waals surface area contributed by atoms with Crippen LogP contribution >= 0.6 is 15.9 Å². The van der Waals surface area contributed by atoms with Crippen LogP contribution in [0.2, 0.25) is 0 Å². The lowest BCUT2D eigenvalue weighted by Crippen LogP contribution is -2.16. The summed E-state index contributed by atoms with van der Waals surface area (Å²) in [6, 6.07) is 6.38. The zero-order chi connectivity index (χ0) is 15.6. The molecule has 2 aromatic rings. The molecule has 0 saturated carbocycles. The van der Waals surface area contributed by atoms with E-state index in [1.54, 1.807) is 12.1 Å². The molecule has 0 aliphatic heterocycles. The van der Waals surface area contributed by atoms with E-state index in [0.717, 1.165) is 6.07 Å². The van der Waals surface area contributed by atoms with E-state index in [4.69, 9.17) is 10.5 Å². The van der Waals surface area contributed by atoms with Gasteiger partial charge in [0.2, 0.25) is 0 Å². The zero-order valence-corrected chi connectivity index (χ0v) is 12.6. The molecule has 0 aliphatic carbocycles. The molecule has 112 valence electrons. The van der Waals surface area contributed by atoms with Crippen molar-refractivity contribution in [1.29, 1.82) is 0 Å². The molecule has 1 atom stereocenters. The number of nitrogens with two attached hydrogens (primary N) is 1. The highest BCUT2D eigenvalue weighted by molar-refractivity contribution is 9.10. The number of pyridine rings is 1. The minimum atomic E-state index is -4.46. The van der Waals surface area contributed by atoms with Crippen molar-refractivity contribution in [3.05, 3.63) is 57.8 Å². The third-order valence-corrected chi connectivity index (χ3v) is 3.66. The third-order valence-electron chi connectivity index (χ3n) is 2.97. The summed E-state index contributed by atoms with van der Waals surface area (Å²) in [5, 5.41) is 0. The van der Waals surface area contributed by atoms with Crippen LogP contribution in [0, 0.1) is 0 Å². The number of halogens is 4. The molecule has 0 saturated heterocycles. The zero-order valence-electron chi connectivity index (χ0n) is 11.0. The van der Waals surface area contributed by atoms with Gasteiger partial charge in [0.15, 0.2) is 0 Å². The molecule has 0 aliphatic rings. The van der Waals surface area contributed by atoms with Crippen LogP contribution in [0.5, 0.6) is 5.75 Å². The highest BCUT2D eigenvalue weighted by Gasteiger charge is 2.33. The summed E-state index contributed by atoms with van der Waals surface area (Å²) >= 11 is 2.90. The predicted octanol–water partition coefficient (Wildman–Crippen LogP) is 3.92. The van der Waals surface area contributed by atoms with E-state index in [-0.39, 0.29) is 4.47 Å². The maximum absolute atomic E-state index is 12.9. The van der Waals surface area contributed by atoms with E-state index in [2.05, 4.69) is 20.9 Å². The monoisotopic (exact) mass is 360 g/mol. The summed E-state index contributed by atoms with van der Waals surface area (Å²) in [7, 11) is 1.45. The maximum atomic E-state index is 12.9. The van der Waals surface area contributed by atoms with Crippen molar-refractivity contribution in [3.8, 4) is 5.75 Å². The van der Waals surface area contributed by atoms with Crippen LogP contribution in [0.4, 0.5) is 13.2 Å². The van der Waals surface area contributed by atoms with Crippen LogP contribution in [-0.2, 0) is 6.18 Å². The van der Waals surface area contributed by atoms with Crippen molar-refractivity contribution >= 4 is 15.9 Å². The molecular formula is C14H12BrF3N2O. The van der Waals surface area contributed by atoms with Crippen LogP contribution in [0.15, 0.2) is 41.0 Å². The summed E-state index contributed by atoms with van der Waals surface area (Å²) in [5.74, 6) is 0.432. The van der Waals surface area contributed by atoms with Crippen LogP contribution < -0.4 is 10.5 Å². The Hall–Kier alpha value is -1.60. The molecule has 2 rings (SSSR count). The number of alkyl halides is 3. The maximum Gasteiger partial charge on any atom is 0.417 e. The van der Waals surface area contributed by atoms with E-state index < -0.39 is 17.8 Å². The lowest BCUT2D eigenvalue weighted by atomic mass is 10.0. The minimum Gasteiger partial charge on any atom is -0.495 e. The lowest BCUT2D eigenvalue weighted by molar-refractivity contribution is -0.138. The standard InChI is InChI=1S/C14H12BrF3N2O/c1-21-11-3-2-6-20-13(11)12(19)8-4-5-10(15)9(7-8)14(16,17)18/h2-7,12H,19H2,1H3. The largest absolute Gasteiger partial charge is 0.495 e. The topological polar surface area (TPSA) is 48.1 Å². The third kappa shape index (κ3) is 3.36. The van der Waals surface area contributed by atoms with Crippen LogP contribution in [0.3, 0.4) is 0 Å². The number of hydrogen-bond acceptors (Lipinski definition) is 3. The molecule has 0 fully saturated rings. The van der Waals surface area contributed by atoms with Gasteiger partial charge in [0.25, 0.3) is 0 Å². The normalized spacial score (nSPS) is 13.0. The van der Waals surface area contributed by atoms with Gasteiger partial charge < -0.3 is 10.5 Å². The Morgan fingerprint density at radius 3 is 2.62 bits per heavy atom. The van der Waals surface area contributed by atoms with Crippen LogP contribution in [-0.4, -0.2) is 12.1 Å². The van der Waals surface area contributed by atoms with Crippen molar-refractivity contribution in [2.45, 2.75) is 12.2 Å². The molecule has 21 heavy (non-hydrogen) atoms.